The van der Waals surface area contributed by atoms with Gasteiger partial charge < -0.3 is 20.4 Å². The number of amides is 3. The Hall–Kier alpha value is -2.93. The number of carbonyl (C=O) groups excluding carboxylic acids is 2. The summed E-state index contributed by atoms with van der Waals surface area (Å²) in [6.45, 7) is 3.80. The summed E-state index contributed by atoms with van der Waals surface area (Å²) in [7, 11) is 3.92. The van der Waals surface area contributed by atoms with Gasteiger partial charge in [0.05, 0.1) is 12.0 Å². The number of halogens is 1. The van der Waals surface area contributed by atoms with Gasteiger partial charge in [-0.25, -0.2) is 9.18 Å². The maximum Gasteiger partial charge on any atom is 0.318 e. The highest BCUT2D eigenvalue weighted by atomic mass is 19.1. The van der Waals surface area contributed by atoms with Crippen molar-refractivity contribution >= 4 is 11.9 Å². The molecule has 2 aromatic carbocycles. The molecule has 6 nitrogen and oxygen atoms in total. The highest BCUT2D eigenvalue weighted by molar-refractivity contribution is 5.81. The standard InChI is InChI=1S/C25H33FN4O2/c1-18-15-20(9-11-22(18)26)23-12-10-21(24(31)27-13-14-29(2)3)17-30(23)25(32)28-16-19-7-5-4-6-8-19/h4-9,11,15,21,23H,10,12-14,16-17H2,1-3H3,(H,27,31)(H,28,32)/t21-,23+/m1/s1. The first kappa shape index (κ1) is 23.7. The van der Waals surface area contributed by atoms with E-state index in [-0.39, 0.29) is 29.7 Å². The maximum atomic E-state index is 13.8. The summed E-state index contributed by atoms with van der Waals surface area (Å²) in [5, 5.41) is 5.97. The van der Waals surface area contributed by atoms with E-state index in [4.69, 9.17) is 0 Å². The molecule has 0 unspecified atom stereocenters. The van der Waals surface area contributed by atoms with Crippen molar-refractivity contribution in [3.8, 4) is 0 Å². The molecule has 2 N–H and O–H groups in total. The molecule has 1 fully saturated rings. The molecule has 0 radical (unpaired) electrons. The van der Waals surface area contributed by atoms with E-state index in [9.17, 15) is 14.0 Å². The van der Waals surface area contributed by atoms with E-state index in [0.29, 0.717) is 38.0 Å². The van der Waals surface area contributed by atoms with Crippen LogP contribution in [0.1, 0.15) is 35.6 Å². The topological polar surface area (TPSA) is 64.7 Å². The molecule has 0 spiro atoms. The Morgan fingerprint density at radius 2 is 1.84 bits per heavy atom. The molecule has 172 valence electrons. The lowest BCUT2D eigenvalue weighted by Crippen LogP contribution is -2.50. The summed E-state index contributed by atoms with van der Waals surface area (Å²) in [6, 6.07) is 14.3. The van der Waals surface area contributed by atoms with Crippen LogP contribution in [-0.2, 0) is 11.3 Å². The second kappa shape index (κ2) is 11.1. The number of nitrogens with zero attached hydrogens (tertiary/aromatic N) is 2. The first-order valence-corrected chi connectivity index (χ1v) is 11.1. The molecule has 3 amide bonds. The molecule has 1 heterocycles. The first-order chi connectivity index (χ1) is 15.3. The molecular weight excluding hydrogens is 407 g/mol. The Kier molecular flexibility index (Phi) is 8.22. The van der Waals surface area contributed by atoms with Crippen molar-refractivity contribution in [2.45, 2.75) is 32.4 Å². The van der Waals surface area contributed by atoms with E-state index < -0.39 is 0 Å². The third kappa shape index (κ3) is 6.29. The molecule has 1 aliphatic heterocycles. The van der Waals surface area contributed by atoms with Crippen molar-refractivity contribution in [3.05, 3.63) is 71.0 Å². The van der Waals surface area contributed by atoms with Crippen LogP contribution in [0.15, 0.2) is 48.5 Å². The van der Waals surface area contributed by atoms with Crippen LogP contribution < -0.4 is 10.6 Å². The summed E-state index contributed by atoms with van der Waals surface area (Å²) in [5.74, 6) is -0.554. The van der Waals surface area contributed by atoms with E-state index in [1.165, 1.54) is 6.07 Å². The van der Waals surface area contributed by atoms with Gasteiger partial charge in [0.1, 0.15) is 5.82 Å². The second-order valence-electron chi connectivity index (χ2n) is 8.69. The molecule has 2 aromatic rings. The van der Waals surface area contributed by atoms with Gasteiger partial charge in [-0.2, -0.15) is 0 Å². The Morgan fingerprint density at radius 3 is 2.53 bits per heavy atom. The number of likely N-dealkylation sites (tertiary alicyclic amines) is 1. The second-order valence-corrected chi connectivity index (χ2v) is 8.69. The number of aryl methyl sites for hydroxylation is 1. The normalized spacial score (nSPS) is 18.5. The Balaban J connectivity index is 1.73. The quantitative estimate of drug-likeness (QED) is 0.693. The number of piperidine rings is 1. The summed E-state index contributed by atoms with van der Waals surface area (Å²) >= 11 is 0. The number of nitrogens with one attached hydrogen (secondary N) is 2. The minimum atomic E-state index is -0.266. The average molecular weight is 441 g/mol. The van der Waals surface area contributed by atoms with Gasteiger partial charge >= 0.3 is 6.03 Å². The molecule has 2 atom stereocenters. The van der Waals surface area contributed by atoms with Crippen molar-refractivity contribution in [1.82, 2.24) is 20.4 Å². The van der Waals surface area contributed by atoms with Gasteiger partial charge in [-0.3, -0.25) is 4.79 Å². The van der Waals surface area contributed by atoms with Crippen molar-refractivity contribution in [1.29, 1.82) is 0 Å². The van der Waals surface area contributed by atoms with E-state index >= 15 is 0 Å². The minimum Gasteiger partial charge on any atom is -0.355 e. The van der Waals surface area contributed by atoms with Crippen LogP contribution in [0.25, 0.3) is 0 Å². The number of hydrogen-bond donors (Lipinski definition) is 2. The zero-order valence-electron chi connectivity index (χ0n) is 19.1. The molecule has 3 rings (SSSR count). The molecule has 0 aliphatic carbocycles. The van der Waals surface area contributed by atoms with Crippen LogP contribution in [0.5, 0.6) is 0 Å². The lowest BCUT2D eigenvalue weighted by atomic mass is 9.88. The zero-order valence-corrected chi connectivity index (χ0v) is 19.1. The SMILES string of the molecule is Cc1cc([C@@H]2CC[C@@H](C(=O)NCCN(C)C)CN2C(=O)NCc2ccccc2)ccc1F. The van der Waals surface area contributed by atoms with Crippen molar-refractivity contribution in [3.63, 3.8) is 0 Å². The fourth-order valence-corrected chi connectivity index (χ4v) is 4.05. The molecule has 0 aromatic heterocycles. The first-order valence-electron chi connectivity index (χ1n) is 11.1. The van der Waals surface area contributed by atoms with Gasteiger partial charge in [0.25, 0.3) is 0 Å². The van der Waals surface area contributed by atoms with Gasteiger partial charge in [0.15, 0.2) is 0 Å². The largest absolute Gasteiger partial charge is 0.355 e. The molecular formula is C25H33FN4O2. The van der Waals surface area contributed by atoms with E-state index in [2.05, 4.69) is 10.6 Å². The Morgan fingerprint density at radius 1 is 1.09 bits per heavy atom. The van der Waals surface area contributed by atoms with Gasteiger partial charge in [-0.1, -0.05) is 42.5 Å². The van der Waals surface area contributed by atoms with Crippen molar-refractivity contribution in [2.24, 2.45) is 5.92 Å². The Bertz CT molecular complexity index is 919. The summed E-state index contributed by atoms with van der Waals surface area (Å²) in [6.07, 6.45) is 1.33. The third-order valence-corrected chi connectivity index (χ3v) is 5.93. The van der Waals surface area contributed by atoms with E-state index in [1.807, 2.05) is 49.3 Å². The van der Waals surface area contributed by atoms with Gasteiger partial charge in [-0.05, 0) is 56.6 Å². The van der Waals surface area contributed by atoms with Crippen LogP contribution in [0.2, 0.25) is 0 Å². The highest BCUT2D eigenvalue weighted by Gasteiger charge is 2.35. The smallest absolute Gasteiger partial charge is 0.318 e. The van der Waals surface area contributed by atoms with Crippen LogP contribution in [0, 0.1) is 18.7 Å². The molecule has 7 heteroatoms. The number of urea groups is 1. The lowest BCUT2D eigenvalue weighted by Gasteiger charge is -2.39. The van der Waals surface area contributed by atoms with Gasteiger partial charge in [-0.15, -0.1) is 0 Å². The predicted molar refractivity (Wildman–Crippen MR) is 124 cm³/mol. The fraction of sp³-hybridized carbons (Fsp3) is 0.440. The molecule has 32 heavy (non-hydrogen) atoms. The predicted octanol–water partition coefficient (Wildman–Crippen LogP) is 3.47. The minimum absolute atomic E-state index is 0.0264. The summed E-state index contributed by atoms with van der Waals surface area (Å²) < 4.78 is 13.8. The average Bonchev–Trinajstić information content (AvgIpc) is 2.79. The van der Waals surface area contributed by atoms with Crippen LogP contribution in [0.3, 0.4) is 0 Å². The van der Waals surface area contributed by atoms with E-state index in [1.54, 1.807) is 24.0 Å². The van der Waals surface area contributed by atoms with Gasteiger partial charge in [0, 0.05) is 26.2 Å². The zero-order chi connectivity index (χ0) is 23.1. The van der Waals surface area contributed by atoms with Gasteiger partial charge in [0.2, 0.25) is 5.91 Å². The summed E-state index contributed by atoms with van der Waals surface area (Å²) in [5.41, 5.74) is 2.45. The monoisotopic (exact) mass is 440 g/mol. The van der Waals surface area contributed by atoms with Crippen LogP contribution >= 0.6 is 0 Å². The number of carbonyl (C=O) groups is 2. The number of hydrogen-bond acceptors (Lipinski definition) is 3. The van der Waals surface area contributed by atoms with E-state index in [0.717, 1.165) is 17.7 Å². The Labute approximate surface area is 189 Å². The molecule has 0 bridgehead atoms. The molecule has 1 saturated heterocycles. The highest BCUT2D eigenvalue weighted by Crippen LogP contribution is 2.34. The maximum absolute atomic E-state index is 13.8. The number of likely N-dealkylation sites (N-methyl/N-ethyl adjacent to an activating group) is 1. The summed E-state index contributed by atoms with van der Waals surface area (Å²) in [4.78, 5) is 29.7. The number of benzene rings is 2. The van der Waals surface area contributed by atoms with Crippen LogP contribution in [-0.4, -0.2) is 55.5 Å². The van der Waals surface area contributed by atoms with Crippen LogP contribution in [0.4, 0.5) is 9.18 Å². The fourth-order valence-electron chi connectivity index (χ4n) is 4.05. The number of rotatable bonds is 7. The lowest BCUT2D eigenvalue weighted by molar-refractivity contribution is -0.126. The molecule has 1 aliphatic rings. The van der Waals surface area contributed by atoms with Crippen molar-refractivity contribution < 1.29 is 14.0 Å². The third-order valence-electron chi connectivity index (χ3n) is 5.93. The molecule has 0 saturated carbocycles. The van der Waals surface area contributed by atoms with Crippen molar-refractivity contribution in [2.75, 3.05) is 33.7 Å².